The van der Waals surface area contributed by atoms with Gasteiger partial charge in [0.25, 0.3) is 0 Å². The third kappa shape index (κ3) is 3.75. The summed E-state index contributed by atoms with van der Waals surface area (Å²) >= 11 is 1.22. The summed E-state index contributed by atoms with van der Waals surface area (Å²) in [5.41, 5.74) is 0.427. The number of halogens is 2. The molecule has 0 saturated heterocycles. The number of benzene rings is 1. The third-order valence-electron chi connectivity index (χ3n) is 4.65. The molecule has 4 rings (SSSR count). The van der Waals surface area contributed by atoms with Crippen molar-refractivity contribution in [2.45, 2.75) is 32.7 Å². The molecule has 4 aromatic rings. The predicted octanol–water partition coefficient (Wildman–Crippen LogP) is 4.10. The van der Waals surface area contributed by atoms with Crippen LogP contribution in [-0.4, -0.2) is 37.4 Å². The minimum Gasteiger partial charge on any atom is -0.394 e. The fraction of sp³-hybridized carbons (Fsp3) is 0.300. The topological polar surface area (TPSA) is 94.0 Å². The third-order valence-corrected chi connectivity index (χ3v) is 5.84. The highest BCUT2D eigenvalue weighted by Crippen LogP contribution is 2.36. The number of aliphatic hydroxyl groups excluding tert-OH is 1. The maximum Gasteiger partial charge on any atom is 0.229 e. The lowest BCUT2D eigenvalue weighted by molar-refractivity contribution is 0.0975. The number of hydrogen-bond acceptors (Lipinski definition) is 7. The highest BCUT2D eigenvalue weighted by Gasteiger charge is 2.23. The average Bonchev–Trinajstić information content (AvgIpc) is 3.39. The molecule has 3 heterocycles. The van der Waals surface area contributed by atoms with Crippen LogP contribution in [0.5, 0.6) is 0 Å². The number of nitrogens with zero attached hydrogens (tertiary/aromatic N) is 4. The summed E-state index contributed by atoms with van der Waals surface area (Å²) < 4.78 is 34.3. The van der Waals surface area contributed by atoms with Crippen LogP contribution in [0, 0.1) is 18.6 Å². The second-order valence-electron chi connectivity index (χ2n) is 6.96. The monoisotopic (exact) mass is 432 g/mol. The highest BCUT2D eigenvalue weighted by atomic mass is 32.1. The van der Waals surface area contributed by atoms with Crippen molar-refractivity contribution >= 4 is 27.3 Å². The molecule has 3 aromatic heterocycles. The molecule has 0 bridgehead atoms. The number of aryl methyl sites for hydroxylation is 1. The molecule has 0 saturated carbocycles. The van der Waals surface area contributed by atoms with Gasteiger partial charge in [-0.3, -0.25) is 9.48 Å². The van der Waals surface area contributed by atoms with Gasteiger partial charge in [0.2, 0.25) is 5.89 Å². The van der Waals surface area contributed by atoms with Crippen molar-refractivity contribution in [2.75, 3.05) is 6.61 Å². The number of Topliss-reactive ketones (excluding diaryl/α,β-unsaturated/α-hetero) is 1. The summed E-state index contributed by atoms with van der Waals surface area (Å²) in [5.74, 6) is -0.921. The van der Waals surface area contributed by atoms with Crippen LogP contribution in [-0.2, 0) is 6.54 Å². The van der Waals surface area contributed by atoms with Gasteiger partial charge in [-0.25, -0.2) is 8.78 Å². The summed E-state index contributed by atoms with van der Waals surface area (Å²) in [6.07, 6.45) is 0.165. The Hall–Kier alpha value is -2.98. The van der Waals surface area contributed by atoms with E-state index >= 15 is 0 Å². The number of fused-ring (bicyclic) bond motifs is 1. The van der Waals surface area contributed by atoms with Crippen molar-refractivity contribution in [1.29, 1.82) is 0 Å². The molecule has 7 nitrogen and oxygen atoms in total. The second kappa shape index (κ2) is 8.04. The van der Waals surface area contributed by atoms with Crippen LogP contribution in [0.2, 0.25) is 0 Å². The van der Waals surface area contributed by atoms with Gasteiger partial charge in [0.1, 0.15) is 22.2 Å². The number of hydrogen-bond donors (Lipinski definition) is 1. The smallest absolute Gasteiger partial charge is 0.229 e. The molecule has 156 valence electrons. The van der Waals surface area contributed by atoms with Gasteiger partial charge in [0.15, 0.2) is 11.6 Å². The van der Waals surface area contributed by atoms with E-state index in [9.17, 15) is 18.7 Å². The van der Waals surface area contributed by atoms with Gasteiger partial charge in [0, 0.05) is 29.4 Å². The largest absolute Gasteiger partial charge is 0.394 e. The van der Waals surface area contributed by atoms with Crippen LogP contribution in [0.4, 0.5) is 8.78 Å². The SMILES string of the molecule is Cc1noc([C@@H](C)CC(=O)c2cc3c(-c4ccc(F)cc4F)nn(CCO)c3s2)n1. The van der Waals surface area contributed by atoms with Crippen LogP contribution in [0.25, 0.3) is 21.5 Å². The van der Waals surface area contributed by atoms with E-state index in [2.05, 4.69) is 15.2 Å². The lowest BCUT2D eigenvalue weighted by Crippen LogP contribution is -2.05. The normalized spacial score (nSPS) is 12.6. The standard InChI is InChI=1S/C20H18F2N4O3S/c1-10(19-23-11(2)25-29-19)7-16(28)17-9-14-18(13-4-3-12(21)8-15(13)22)24-26(5-6-27)20(14)30-17/h3-4,8-10,27H,5-7H2,1-2H3/t10-/m0/s1. The van der Waals surface area contributed by atoms with Gasteiger partial charge in [-0.15, -0.1) is 11.3 Å². The summed E-state index contributed by atoms with van der Waals surface area (Å²) in [6, 6.07) is 4.92. The molecule has 0 aliphatic carbocycles. The molecule has 0 fully saturated rings. The Kier molecular flexibility index (Phi) is 5.44. The Morgan fingerprint density at radius 3 is 2.80 bits per heavy atom. The lowest BCUT2D eigenvalue weighted by atomic mass is 10.0. The van der Waals surface area contributed by atoms with Crippen molar-refractivity contribution in [3.05, 3.63) is 52.5 Å². The molecule has 30 heavy (non-hydrogen) atoms. The van der Waals surface area contributed by atoms with Crippen molar-refractivity contribution in [2.24, 2.45) is 0 Å². The van der Waals surface area contributed by atoms with Gasteiger partial charge in [-0.1, -0.05) is 12.1 Å². The average molecular weight is 432 g/mol. The minimum atomic E-state index is -0.745. The van der Waals surface area contributed by atoms with E-state index in [0.29, 0.717) is 32.5 Å². The fourth-order valence-corrected chi connectivity index (χ4v) is 4.29. The van der Waals surface area contributed by atoms with Crippen LogP contribution in [0.3, 0.4) is 0 Å². The van der Waals surface area contributed by atoms with E-state index in [4.69, 9.17) is 4.52 Å². The summed E-state index contributed by atoms with van der Waals surface area (Å²) in [7, 11) is 0. The van der Waals surface area contributed by atoms with Crippen LogP contribution in [0.15, 0.2) is 28.8 Å². The predicted molar refractivity (Wildman–Crippen MR) is 106 cm³/mol. The number of aromatic nitrogens is 4. The number of carbonyl (C=O) groups excluding carboxylic acids is 1. The van der Waals surface area contributed by atoms with Gasteiger partial charge in [0.05, 0.1) is 18.0 Å². The van der Waals surface area contributed by atoms with E-state index in [1.807, 2.05) is 6.92 Å². The van der Waals surface area contributed by atoms with Gasteiger partial charge in [-0.2, -0.15) is 10.1 Å². The zero-order valence-electron chi connectivity index (χ0n) is 16.2. The van der Waals surface area contributed by atoms with Crippen molar-refractivity contribution in [3.63, 3.8) is 0 Å². The van der Waals surface area contributed by atoms with Crippen molar-refractivity contribution in [3.8, 4) is 11.3 Å². The number of carbonyl (C=O) groups is 1. The number of rotatable bonds is 7. The number of thiophene rings is 1. The van der Waals surface area contributed by atoms with Crippen LogP contribution >= 0.6 is 11.3 Å². The molecule has 0 amide bonds. The molecule has 0 aliphatic rings. The highest BCUT2D eigenvalue weighted by molar-refractivity contribution is 7.20. The Bertz CT molecular complexity index is 1230. The van der Waals surface area contributed by atoms with Gasteiger partial charge < -0.3 is 9.63 Å². The number of aliphatic hydroxyl groups is 1. The van der Waals surface area contributed by atoms with E-state index in [1.165, 1.54) is 22.1 Å². The minimum absolute atomic E-state index is 0.124. The van der Waals surface area contributed by atoms with Crippen molar-refractivity contribution in [1.82, 2.24) is 19.9 Å². The zero-order chi connectivity index (χ0) is 21.4. The van der Waals surface area contributed by atoms with Crippen LogP contribution in [0.1, 0.15) is 40.6 Å². The molecule has 0 unspecified atom stereocenters. The van der Waals surface area contributed by atoms with E-state index in [0.717, 1.165) is 12.1 Å². The second-order valence-corrected chi connectivity index (χ2v) is 7.99. The van der Waals surface area contributed by atoms with Gasteiger partial charge >= 0.3 is 0 Å². The molecule has 10 heteroatoms. The van der Waals surface area contributed by atoms with E-state index in [1.54, 1.807) is 13.0 Å². The fourth-order valence-electron chi connectivity index (χ4n) is 3.21. The molecule has 0 spiro atoms. The van der Waals surface area contributed by atoms with E-state index < -0.39 is 11.6 Å². The van der Waals surface area contributed by atoms with Gasteiger partial charge in [-0.05, 0) is 25.1 Å². The maximum atomic E-state index is 14.4. The lowest BCUT2D eigenvalue weighted by Gasteiger charge is -2.04. The first-order chi connectivity index (χ1) is 14.4. The van der Waals surface area contributed by atoms with Crippen LogP contribution < -0.4 is 0 Å². The molecule has 1 atom stereocenters. The number of ketones is 1. The molecular weight excluding hydrogens is 414 g/mol. The maximum absolute atomic E-state index is 14.4. The molecule has 0 radical (unpaired) electrons. The first-order valence-corrected chi connectivity index (χ1v) is 10.1. The van der Waals surface area contributed by atoms with Crippen molar-refractivity contribution < 1.29 is 23.2 Å². The molecule has 1 aromatic carbocycles. The zero-order valence-corrected chi connectivity index (χ0v) is 17.0. The first-order valence-electron chi connectivity index (χ1n) is 9.27. The Labute approximate surface area is 174 Å². The van der Waals surface area contributed by atoms with E-state index in [-0.39, 0.29) is 36.8 Å². The summed E-state index contributed by atoms with van der Waals surface area (Å²) in [6.45, 7) is 3.55. The molecule has 1 N–H and O–H groups in total. The Morgan fingerprint density at radius 2 is 2.13 bits per heavy atom. The summed E-state index contributed by atoms with van der Waals surface area (Å²) in [5, 5.41) is 18.0. The Balaban J connectivity index is 1.71. The summed E-state index contributed by atoms with van der Waals surface area (Å²) in [4.78, 5) is 18.1. The first kappa shape index (κ1) is 20.3. The Morgan fingerprint density at radius 1 is 1.33 bits per heavy atom. The molecular formula is C20H18F2N4O3S. The quantitative estimate of drug-likeness (QED) is 0.442. The molecule has 0 aliphatic heterocycles.